The second kappa shape index (κ2) is 6.69. The SMILES string of the molecule is Cn1ncc2c(NCc3ccc(Cl)cc3)nc(-c3ccc([N+](=O)[O-])o3)nc21. The largest absolute Gasteiger partial charge is 0.433 e. The van der Waals surface area contributed by atoms with E-state index in [1.807, 2.05) is 24.3 Å². The molecule has 0 aliphatic rings. The van der Waals surface area contributed by atoms with Crippen molar-refractivity contribution in [2.24, 2.45) is 7.05 Å². The lowest BCUT2D eigenvalue weighted by molar-refractivity contribution is -0.401. The van der Waals surface area contributed by atoms with Gasteiger partial charge in [0.1, 0.15) is 10.7 Å². The van der Waals surface area contributed by atoms with Crippen LogP contribution >= 0.6 is 11.6 Å². The molecule has 0 fully saturated rings. The van der Waals surface area contributed by atoms with E-state index in [4.69, 9.17) is 16.0 Å². The van der Waals surface area contributed by atoms with Crippen molar-refractivity contribution in [3.63, 3.8) is 0 Å². The normalized spacial score (nSPS) is 11.0. The van der Waals surface area contributed by atoms with Crippen molar-refractivity contribution in [1.29, 1.82) is 0 Å². The first kappa shape index (κ1) is 17.0. The Labute approximate surface area is 157 Å². The van der Waals surface area contributed by atoms with E-state index in [1.165, 1.54) is 12.1 Å². The van der Waals surface area contributed by atoms with Gasteiger partial charge in [-0.25, -0.2) is 9.97 Å². The highest BCUT2D eigenvalue weighted by atomic mass is 35.5. The quantitative estimate of drug-likeness (QED) is 0.411. The van der Waals surface area contributed by atoms with Crippen LogP contribution in [0, 0.1) is 10.1 Å². The van der Waals surface area contributed by atoms with Gasteiger partial charge in [0, 0.05) is 18.6 Å². The number of rotatable bonds is 5. The molecule has 0 aliphatic heterocycles. The molecular weight excluding hydrogens is 372 g/mol. The standard InChI is InChI=1S/C17H13ClN6O3/c1-23-17-12(9-20-23)15(19-8-10-2-4-11(18)5-3-10)21-16(22-17)13-6-7-14(27-13)24(25)26/h2-7,9H,8H2,1H3,(H,19,21,22). The number of halogens is 1. The number of nitro groups is 1. The van der Waals surface area contributed by atoms with Crippen LogP contribution in [0.1, 0.15) is 5.56 Å². The fourth-order valence-corrected chi connectivity index (χ4v) is 2.73. The summed E-state index contributed by atoms with van der Waals surface area (Å²) in [5.74, 6) is 0.628. The van der Waals surface area contributed by atoms with Crippen LogP contribution in [-0.4, -0.2) is 24.7 Å². The van der Waals surface area contributed by atoms with Gasteiger partial charge in [-0.1, -0.05) is 23.7 Å². The summed E-state index contributed by atoms with van der Waals surface area (Å²) in [6.45, 7) is 0.510. The molecule has 0 aliphatic carbocycles. The Bertz CT molecular complexity index is 1140. The third kappa shape index (κ3) is 3.32. The molecule has 0 saturated carbocycles. The molecule has 1 N–H and O–H groups in total. The van der Waals surface area contributed by atoms with Crippen LogP contribution in [0.25, 0.3) is 22.6 Å². The summed E-state index contributed by atoms with van der Waals surface area (Å²) in [4.78, 5) is 19.1. The van der Waals surface area contributed by atoms with Gasteiger partial charge in [-0.2, -0.15) is 5.10 Å². The average Bonchev–Trinajstić information content (AvgIpc) is 3.29. The Morgan fingerprint density at radius 2 is 2.00 bits per heavy atom. The number of fused-ring (bicyclic) bond motifs is 1. The van der Waals surface area contributed by atoms with E-state index in [2.05, 4.69) is 20.4 Å². The van der Waals surface area contributed by atoms with Crippen LogP contribution in [0.2, 0.25) is 5.02 Å². The summed E-state index contributed by atoms with van der Waals surface area (Å²) < 4.78 is 6.83. The first-order chi connectivity index (χ1) is 13.0. The predicted octanol–water partition coefficient (Wildman–Crippen LogP) is 3.80. The molecule has 136 valence electrons. The average molecular weight is 385 g/mol. The van der Waals surface area contributed by atoms with Gasteiger partial charge in [-0.15, -0.1) is 0 Å². The zero-order valence-electron chi connectivity index (χ0n) is 14.1. The van der Waals surface area contributed by atoms with Crippen LogP contribution in [0.3, 0.4) is 0 Å². The zero-order valence-corrected chi connectivity index (χ0v) is 14.8. The summed E-state index contributed by atoms with van der Waals surface area (Å²) in [6.07, 6.45) is 1.66. The monoisotopic (exact) mass is 384 g/mol. The lowest BCUT2D eigenvalue weighted by Gasteiger charge is -2.08. The minimum absolute atomic E-state index is 0.208. The number of hydrogen-bond donors (Lipinski definition) is 1. The molecule has 4 aromatic rings. The van der Waals surface area contributed by atoms with Crippen molar-refractivity contribution in [2.75, 3.05) is 5.32 Å². The van der Waals surface area contributed by atoms with Crippen molar-refractivity contribution in [3.8, 4) is 11.6 Å². The maximum Gasteiger partial charge on any atom is 0.433 e. The van der Waals surface area contributed by atoms with Gasteiger partial charge in [0.25, 0.3) is 0 Å². The van der Waals surface area contributed by atoms with E-state index in [0.29, 0.717) is 23.0 Å². The summed E-state index contributed by atoms with van der Waals surface area (Å²) in [6, 6.07) is 10.2. The fourth-order valence-electron chi connectivity index (χ4n) is 2.60. The maximum absolute atomic E-state index is 10.9. The molecule has 0 amide bonds. The van der Waals surface area contributed by atoms with Crippen LogP contribution in [0.5, 0.6) is 0 Å². The number of aryl methyl sites for hydroxylation is 1. The number of hydrogen-bond acceptors (Lipinski definition) is 7. The first-order valence-corrected chi connectivity index (χ1v) is 8.32. The van der Waals surface area contributed by atoms with E-state index in [9.17, 15) is 10.1 Å². The molecule has 27 heavy (non-hydrogen) atoms. The molecule has 0 unspecified atom stereocenters. The van der Waals surface area contributed by atoms with Crippen LogP contribution in [0.15, 0.2) is 47.0 Å². The summed E-state index contributed by atoms with van der Waals surface area (Å²) in [5, 5.41) is 19.7. The second-order valence-electron chi connectivity index (χ2n) is 5.78. The molecular formula is C17H13ClN6O3. The van der Waals surface area contributed by atoms with Gasteiger partial charge in [0.2, 0.25) is 0 Å². The Kier molecular flexibility index (Phi) is 4.21. The van der Waals surface area contributed by atoms with Crippen LogP contribution in [0.4, 0.5) is 11.7 Å². The molecule has 3 aromatic heterocycles. The van der Waals surface area contributed by atoms with E-state index < -0.39 is 4.92 Å². The summed E-state index contributed by atoms with van der Waals surface area (Å²) in [7, 11) is 1.76. The number of anilines is 1. The molecule has 0 saturated heterocycles. The highest BCUT2D eigenvalue weighted by Crippen LogP contribution is 2.28. The molecule has 10 heteroatoms. The van der Waals surface area contributed by atoms with Crippen LogP contribution in [-0.2, 0) is 13.6 Å². The van der Waals surface area contributed by atoms with E-state index >= 15 is 0 Å². The smallest absolute Gasteiger partial charge is 0.397 e. The van der Waals surface area contributed by atoms with Crippen molar-refractivity contribution < 1.29 is 9.34 Å². The Hall–Kier alpha value is -3.46. The highest BCUT2D eigenvalue weighted by molar-refractivity contribution is 6.30. The highest BCUT2D eigenvalue weighted by Gasteiger charge is 2.18. The lowest BCUT2D eigenvalue weighted by atomic mass is 10.2. The van der Waals surface area contributed by atoms with Crippen molar-refractivity contribution in [2.45, 2.75) is 6.54 Å². The number of nitrogens with zero attached hydrogens (tertiary/aromatic N) is 5. The number of nitrogens with one attached hydrogen (secondary N) is 1. The van der Waals surface area contributed by atoms with Crippen molar-refractivity contribution >= 4 is 34.3 Å². The molecule has 9 nitrogen and oxygen atoms in total. The third-order valence-electron chi connectivity index (χ3n) is 3.96. The lowest BCUT2D eigenvalue weighted by Crippen LogP contribution is -2.04. The van der Waals surface area contributed by atoms with Crippen molar-refractivity contribution in [3.05, 3.63) is 63.3 Å². The van der Waals surface area contributed by atoms with Gasteiger partial charge in [0.15, 0.2) is 17.2 Å². The molecule has 0 spiro atoms. The molecule has 0 radical (unpaired) electrons. The minimum Gasteiger partial charge on any atom is -0.397 e. The molecule has 1 aromatic carbocycles. The molecule has 4 rings (SSSR count). The predicted molar refractivity (Wildman–Crippen MR) is 99.4 cm³/mol. The van der Waals surface area contributed by atoms with E-state index in [-0.39, 0.29) is 17.5 Å². The molecule has 3 heterocycles. The van der Waals surface area contributed by atoms with Gasteiger partial charge < -0.3 is 9.73 Å². The Balaban J connectivity index is 1.72. The van der Waals surface area contributed by atoms with Gasteiger partial charge >= 0.3 is 5.88 Å². The van der Waals surface area contributed by atoms with Crippen LogP contribution < -0.4 is 5.32 Å². The zero-order chi connectivity index (χ0) is 19.0. The maximum atomic E-state index is 10.9. The Morgan fingerprint density at radius 3 is 2.70 bits per heavy atom. The van der Waals surface area contributed by atoms with E-state index in [0.717, 1.165) is 10.9 Å². The van der Waals surface area contributed by atoms with Gasteiger partial charge in [-0.05, 0) is 23.8 Å². The second-order valence-corrected chi connectivity index (χ2v) is 6.21. The molecule has 0 bridgehead atoms. The Morgan fingerprint density at radius 1 is 1.22 bits per heavy atom. The number of benzene rings is 1. The van der Waals surface area contributed by atoms with E-state index in [1.54, 1.807) is 17.9 Å². The summed E-state index contributed by atoms with van der Waals surface area (Å²) >= 11 is 5.91. The van der Waals surface area contributed by atoms with Crippen molar-refractivity contribution in [1.82, 2.24) is 19.7 Å². The van der Waals surface area contributed by atoms with Gasteiger partial charge in [-0.3, -0.25) is 14.8 Å². The number of furan rings is 1. The number of aromatic nitrogens is 4. The van der Waals surface area contributed by atoms with Gasteiger partial charge in [0.05, 0.1) is 17.6 Å². The third-order valence-corrected chi connectivity index (χ3v) is 4.21. The fraction of sp³-hybridized carbons (Fsp3) is 0.118. The summed E-state index contributed by atoms with van der Waals surface area (Å²) in [5.41, 5.74) is 1.60. The first-order valence-electron chi connectivity index (χ1n) is 7.94. The minimum atomic E-state index is -0.605. The topological polar surface area (TPSA) is 112 Å². The molecule has 0 atom stereocenters.